The van der Waals surface area contributed by atoms with Crippen LogP contribution in [-0.2, 0) is 11.3 Å². The van der Waals surface area contributed by atoms with Gasteiger partial charge in [0, 0.05) is 32.5 Å². The second kappa shape index (κ2) is 6.35. The fourth-order valence-electron chi connectivity index (χ4n) is 2.03. The van der Waals surface area contributed by atoms with Crippen LogP contribution in [0.2, 0.25) is 0 Å². The Kier molecular flexibility index (Phi) is 4.52. The van der Waals surface area contributed by atoms with E-state index < -0.39 is 0 Å². The minimum Gasteiger partial charge on any atom is -0.381 e. The molecule has 0 aromatic carbocycles. The lowest BCUT2D eigenvalue weighted by atomic mass is 10.1. The van der Waals surface area contributed by atoms with Crippen LogP contribution in [-0.4, -0.2) is 42.2 Å². The molecule has 2 heterocycles. The summed E-state index contributed by atoms with van der Waals surface area (Å²) in [6.07, 6.45) is 3.55. The van der Waals surface area contributed by atoms with Crippen molar-refractivity contribution in [3.63, 3.8) is 0 Å². The molecule has 1 aliphatic rings. The molecule has 0 aliphatic carbocycles. The first kappa shape index (κ1) is 12.8. The van der Waals surface area contributed by atoms with Crippen LogP contribution >= 0.6 is 0 Å². The molecule has 0 unspecified atom stereocenters. The number of ether oxygens (including phenoxy) is 1. The van der Waals surface area contributed by atoms with E-state index in [2.05, 4.69) is 10.3 Å². The molecule has 0 atom stereocenters. The second-order valence-electron chi connectivity index (χ2n) is 4.43. The number of amides is 2. The van der Waals surface area contributed by atoms with Gasteiger partial charge in [0.15, 0.2) is 0 Å². The van der Waals surface area contributed by atoms with Crippen molar-refractivity contribution in [1.29, 1.82) is 0 Å². The summed E-state index contributed by atoms with van der Waals surface area (Å²) in [5, 5.41) is 2.88. The van der Waals surface area contributed by atoms with Gasteiger partial charge in [0.2, 0.25) is 0 Å². The molecule has 0 bridgehead atoms. The van der Waals surface area contributed by atoms with Crippen LogP contribution in [0.1, 0.15) is 18.5 Å². The van der Waals surface area contributed by atoms with Crippen molar-refractivity contribution >= 4 is 6.03 Å². The highest BCUT2D eigenvalue weighted by Crippen LogP contribution is 2.12. The Morgan fingerprint density at radius 3 is 2.94 bits per heavy atom. The van der Waals surface area contributed by atoms with Gasteiger partial charge in [-0.1, -0.05) is 6.07 Å². The van der Waals surface area contributed by atoms with Crippen molar-refractivity contribution in [3.05, 3.63) is 30.1 Å². The summed E-state index contributed by atoms with van der Waals surface area (Å²) in [5.74, 6) is 0. The summed E-state index contributed by atoms with van der Waals surface area (Å²) in [6.45, 7) is 1.94. The lowest BCUT2D eigenvalue weighted by Gasteiger charge is -2.31. The van der Waals surface area contributed by atoms with E-state index in [1.165, 1.54) is 0 Å². The Hall–Kier alpha value is -1.62. The van der Waals surface area contributed by atoms with E-state index in [-0.39, 0.29) is 12.1 Å². The topological polar surface area (TPSA) is 54.5 Å². The van der Waals surface area contributed by atoms with Crippen LogP contribution < -0.4 is 5.32 Å². The van der Waals surface area contributed by atoms with Gasteiger partial charge in [-0.15, -0.1) is 0 Å². The zero-order chi connectivity index (χ0) is 12.8. The maximum atomic E-state index is 12.0. The number of nitrogens with zero attached hydrogens (tertiary/aromatic N) is 2. The van der Waals surface area contributed by atoms with Crippen LogP contribution in [0.25, 0.3) is 0 Å². The van der Waals surface area contributed by atoms with Crippen molar-refractivity contribution in [2.75, 3.05) is 20.3 Å². The second-order valence-corrected chi connectivity index (χ2v) is 4.43. The van der Waals surface area contributed by atoms with E-state index in [0.717, 1.165) is 31.7 Å². The Bertz CT molecular complexity index is 377. The molecule has 1 aromatic rings. The summed E-state index contributed by atoms with van der Waals surface area (Å²) in [4.78, 5) is 17.9. The SMILES string of the molecule is CN(C(=O)NCc1ccccn1)C1CCOCC1. The zero-order valence-corrected chi connectivity index (χ0v) is 10.6. The molecule has 98 valence electrons. The van der Waals surface area contributed by atoms with Crippen molar-refractivity contribution in [2.45, 2.75) is 25.4 Å². The van der Waals surface area contributed by atoms with Crippen molar-refractivity contribution < 1.29 is 9.53 Å². The molecule has 5 nitrogen and oxygen atoms in total. The van der Waals surface area contributed by atoms with Gasteiger partial charge in [-0.2, -0.15) is 0 Å². The largest absolute Gasteiger partial charge is 0.381 e. The normalized spacial score (nSPS) is 16.3. The van der Waals surface area contributed by atoms with E-state index in [1.54, 1.807) is 11.1 Å². The van der Waals surface area contributed by atoms with Crippen molar-refractivity contribution in [1.82, 2.24) is 15.2 Å². The first-order valence-corrected chi connectivity index (χ1v) is 6.25. The van der Waals surface area contributed by atoms with Gasteiger partial charge in [-0.05, 0) is 25.0 Å². The van der Waals surface area contributed by atoms with Gasteiger partial charge in [-0.25, -0.2) is 4.79 Å². The van der Waals surface area contributed by atoms with Crippen LogP contribution in [0.4, 0.5) is 4.79 Å². The quantitative estimate of drug-likeness (QED) is 0.881. The third kappa shape index (κ3) is 3.43. The number of aromatic nitrogens is 1. The lowest BCUT2D eigenvalue weighted by Crippen LogP contribution is -2.45. The fraction of sp³-hybridized carbons (Fsp3) is 0.538. The highest BCUT2D eigenvalue weighted by Gasteiger charge is 2.22. The Labute approximate surface area is 107 Å². The van der Waals surface area contributed by atoms with Crippen LogP contribution in [0.3, 0.4) is 0 Å². The van der Waals surface area contributed by atoms with E-state index in [9.17, 15) is 4.79 Å². The third-order valence-corrected chi connectivity index (χ3v) is 3.21. The van der Waals surface area contributed by atoms with Gasteiger partial charge in [-0.3, -0.25) is 4.98 Å². The monoisotopic (exact) mass is 249 g/mol. The smallest absolute Gasteiger partial charge is 0.317 e. The molecular weight excluding hydrogens is 230 g/mol. The number of nitrogens with one attached hydrogen (secondary N) is 1. The number of pyridine rings is 1. The number of urea groups is 1. The van der Waals surface area contributed by atoms with E-state index in [0.29, 0.717) is 6.54 Å². The minimum absolute atomic E-state index is 0.0486. The van der Waals surface area contributed by atoms with E-state index >= 15 is 0 Å². The Morgan fingerprint density at radius 2 is 2.28 bits per heavy atom. The van der Waals surface area contributed by atoms with Gasteiger partial charge in [0.25, 0.3) is 0 Å². The molecule has 1 aromatic heterocycles. The number of rotatable bonds is 3. The molecule has 1 fully saturated rings. The van der Waals surface area contributed by atoms with E-state index in [1.807, 2.05) is 25.2 Å². The van der Waals surface area contributed by atoms with Crippen molar-refractivity contribution in [3.8, 4) is 0 Å². The van der Waals surface area contributed by atoms with Crippen LogP contribution in [0.5, 0.6) is 0 Å². The Balaban J connectivity index is 1.80. The predicted molar refractivity (Wildman–Crippen MR) is 68.1 cm³/mol. The maximum absolute atomic E-state index is 12.0. The fourth-order valence-corrected chi connectivity index (χ4v) is 2.03. The zero-order valence-electron chi connectivity index (χ0n) is 10.6. The molecule has 0 radical (unpaired) electrons. The molecule has 0 saturated carbocycles. The summed E-state index contributed by atoms with van der Waals surface area (Å²) >= 11 is 0. The number of hydrogen-bond donors (Lipinski definition) is 1. The van der Waals surface area contributed by atoms with Crippen LogP contribution in [0, 0.1) is 0 Å². The Morgan fingerprint density at radius 1 is 1.50 bits per heavy atom. The maximum Gasteiger partial charge on any atom is 0.317 e. The first-order valence-electron chi connectivity index (χ1n) is 6.25. The highest BCUT2D eigenvalue weighted by atomic mass is 16.5. The third-order valence-electron chi connectivity index (χ3n) is 3.21. The molecular formula is C13H19N3O2. The molecule has 5 heteroatoms. The molecule has 0 spiro atoms. The van der Waals surface area contributed by atoms with Crippen molar-refractivity contribution in [2.24, 2.45) is 0 Å². The molecule has 1 aliphatic heterocycles. The first-order chi connectivity index (χ1) is 8.77. The number of carbonyl (C=O) groups excluding carboxylic acids is 1. The van der Waals surface area contributed by atoms with Crippen LogP contribution in [0.15, 0.2) is 24.4 Å². The molecule has 2 amide bonds. The highest BCUT2D eigenvalue weighted by molar-refractivity contribution is 5.74. The van der Waals surface area contributed by atoms with Gasteiger partial charge >= 0.3 is 6.03 Å². The van der Waals surface area contributed by atoms with E-state index in [4.69, 9.17) is 4.74 Å². The molecule has 1 N–H and O–H groups in total. The predicted octanol–water partition coefficient (Wildman–Crippen LogP) is 1.40. The lowest BCUT2D eigenvalue weighted by molar-refractivity contribution is 0.0525. The van der Waals surface area contributed by atoms with Gasteiger partial charge in [0.1, 0.15) is 0 Å². The summed E-state index contributed by atoms with van der Waals surface area (Å²) in [7, 11) is 1.84. The average Bonchev–Trinajstić information content (AvgIpc) is 2.46. The van der Waals surface area contributed by atoms with Gasteiger partial charge < -0.3 is 15.0 Å². The minimum atomic E-state index is -0.0486. The average molecular weight is 249 g/mol. The summed E-state index contributed by atoms with van der Waals surface area (Å²) in [5.41, 5.74) is 0.867. The summed E-state index contributed by atoms with van der Waals surface area (Å²) < 4.78 is 5.29. The standard InChI is InChI=1S/C13H19N3O2/c1-16(12-5-8-18-9-6-12)13(17)15-10-11-4-2-3-7-14-11/h2-4,7,12H,5-6,8-10H2,1H3,(H,15,17). The molecule has 1 saturated heterocycles. The number of hydrogen-bond acceptors (Lipinski definition) is 3. The number of carbonyl (C=O) groups is 1. The molecule has 18 heavy (non-hydrogen) atoms. The molecule has 2 rings (SSSR count). The summed E-state index contributed by atoms with van der Waals surface area (Å²) in [6, 6.07) is 5.90. The van der Waals surface area contributed by atoms with Gasteiger partial charge in [0.05, 0.1) is 12.2 Å².